The van der Waals surface area contributed by atoms with Crippen molar-refractivity contribution in [1.82, 2.24) is 10.3 Å². The predicted octanol–water partition coefficient (Wildman–Crippen LogP) is 0.947. The third kappa shape index (κ3) is 2.51. The molecule has 3 N–H and O–H groups in total. The molecular weight excluding hydrogens is 244 g/mol. The lowest BCUT2D eigenvalue weighted by atomic mass is 10.0. The highest BCUT2D eigenvalue weighted by atomic mass is 16.3. The van der Waals surface area contributed by atoms with E-state index in [0.717, 1.165) is 5.39 Å². The van der Waals surface area contributed by atoms with Gasteiger partial charge in [-0.3, -0.25) is 9.59 Å². The second-order valence-corrected chi connectivity index (χ2v) is 4.56. The van der Waals surface area contributed by atoms with Gasteiger partial charge in [-0.2, -0.15) is 0 Å². The first-order valence-corrected chi connectivity index (χ1v) is 6.08. The number of aliphatic hydroxyl groups is 1. The van der Waals surface area contributed by atoms with Gasteiger partial charge in [-0.1, -0.05) is 18.2 Å². The van der Waals surface area contributed by atoms with E-state index in [9.17, 15) is 9.59 Å². The normalized spacial score (nSPS) is 12.4. The van der Waals surface area contributed by atoms with Crippen LogP contribution in [0.2, 0.25) is 0 Å². The molecule has 0 aliphatic rings. The monoisotopic (exact) mass is 260 g/mol. The number of fused-ring (bicyclic) bond motifs is 1. The van der Waals surface area contributed by atoms with Crippen LogP contribution in [0, 0.1) is 6.92 Å². The number of hydrogen-bond donors (Lipinski definition) is 3. The van der Waals surface area contributed by atoms with Gasteiger partial charge in [0.05, 0.1) is 6.61 Å². The molecule has 0 aliphatic carbocycles. The van der Waals surface area contributed by atoms with Crippen molar-refractivity contribution in [3.05, 3.63) is 45.7 Å². The number of amides is 1. The Morgan fingerprint density at radius 2 is 2.11 bits per heavy atom. The van der Waals surface area contributed by atoms with E-state index in [2.05, 4.69) is 10.3 Å². The third-order valence-corrected chi connectivity index (χ3v) is 3.06. The Balaban J connectivity index is 2.55. The lowest BCUT2D eigenvalue weighted by molar-refractivity contribution is 0.0920. The van der Waals surface area contributed by atoms with Gasteiger partial charge < -0.3 is 15.4 Å². The van der Waals surface area contributed by atoms with Crippen molar-refractivity contribution in [2.45, 2.75) is 19.9 Å². The SMILES string of the molecule is Cc1c(C(=O)NC(C)CO)c(=O)[nH]c2ccccc12. The molecule has 0 aliphatic heterocycles. The van der Waals surface area contributed by atoms with Gasteiger partial charge >= 0.3 is 0 Å². The summed E-state index contributed by atoms with van der Waals surface area (Å²) < 4.78 is 0. The van der Waals surface area contributed by atoms with E-state index in [0.29, 0.717) is 11.1 Å². The van der Waals surface area contributed by atoms with Crippen LogP contribution in [0.15, 0.2) is 29.1 Å². The molecule has 1 heterocycles. The molecule has 5 nitrogen and oxygen atoms in total. The minimum atomic E-state index is -0.467. The molecular formula is C14H16N2O3. The van der Waals surface area contributed by atoms with Crippen molar-refractivity contribution in [2.75, 3.05) is 6.61 Å². The number of pyridine rings is 1. The molecule has 0 spiro atoms. The molecule has 1 aromatic heterocycles. The molecule has 2 aromatic rings. The lowest BCUT2D eigenvalue weighted by Gasteiger charge is -2.12. The second-order valence-electron chi connectivity index (χ2n) is 4.56. The van der Waals surface area contributed by atoms with E-state index in [1.165, 1.54) is 0 Å². The standard InChI is InChI=1S/C14H16N2O3/c1-8(7-17)15-13(18)12-9(2)10-5-3-4-6-11(10)16-14(12)19/h3-6,8,17H,7H2,1-2H3,(H,15,18)(H,16,19). The largest absolute Gasteiger partial charge is 0.394 e. The number of aromatic nitrogens is 1. The molecule has 0 bridgehead atoms. The summed E-state index contributed by atoms with van der Waals surface area (Å²) in [7, 11) is 0. The zero-order valence-electron chi connectivity index (χ0n) is 10.9. The summed E-state index contributed by atoms with van der Waals surface area (Å²) in [6, 6.07) is 6.93. The molecule has 1 aromatic carbocycles. The van der Waals surface area contributed by atoms with E-state index in [-0.39, 0.29) is 12.2 Å². The fourth-order valence-corrected chi connectivity index (χ4v) is 2.02. The summed E-state index contributed by atoms with van der Waals surface area (Å²) in [6.45, 7) is 3.24. The van der Waals surface area contributed by atoms with E-state index in [1.54, 1.807) is 19.9 Å². The summed E-state index contributed by atoms with van der Waals surface area (Å²) in [5.74, 6) is -0.467. The number of rotatable bonds is 3. The number of benzene rings is 1. The fourth-order valence-electron chi connectivity index (χ4n) is 2.02. The molecule has 5 heteroatoms. The zero-order chi connectivity index (χ0) is 14.0. The van der Waals surface area contributed by atoms with Crippen molar-refractivity contribution in [1.29, 1.82) is 0 Å². The molecule has 19 heavy (non-hydrogen) atoms. The molecule has 1 unspecified atom stereocenters. The summed E-state index contributed by atoms with van der Waals surface area (Å²) in [5.41, 5.74) is 1.02. The van der Waals surface area contributed by atoms with E-state index < -0.39 is 17.5 Å². The second kappa shape index (κ2) is 5.24. The molecule has 0 radical (unpaired) electrons. The molecule has 0 saturated carbocycles. The van der Waals surface area contributed by atoms with Crippen LogP contribution in [0.4, 0.5) is 0 Å². The molecule has 1 atom stereocenters. The maximum atomic E-state index is 12.1. The highest BCUT2D eigenvalue weighted by molar-refractivity contribution is 5.99. The van der Waals surface area contributed by atoms with Crippen LogP contribution in [-0.2, 0) is 0 Å². The summed E-state index contributed by atoms with van der Waals surface area (Å²) in [6.07, 6.45) is 0. The van der Waals surface area contributed by atoms with Crippen LogP contribution in [0.1, 0.15) is 22.8 Å². The van der Waals surface area contributed by atoms with Crippen molar-refractivity contribution in [3.8, 4) is 0 Å². The van der Waals surface area contributed by atoms with Crippen molar-refractivity contribution in [3.63, 3.8) is 0 Å². The van der Waals surface area contributed by atoms with Gasteiger partial charge in [0.2, 0.25) is 0 Å². The number of aryl methyl sites for hydroxylation is 1. The minimum absolute atomic E-state index is 0.0963. The maximum absolute atomic E-state index is 12.1. The predicted molar refractivity (Wildman–Crippen MR) is 73.3 cm³/mol. The lowest BCUT2D eigenvalue weighted by Crippen LogP contribution is -2.38. The number of carbonyl (C=O) groups is 1. The van der Waals surface area contributed by atoms with Crippen LogP contribution in [0.5, 0.6) is 0 Å². The highest BCUT2D eigenvalue weighted by Crippen LogP contribution is 2.16. The quantitative estimate of drug-likeness (QED) is 0.768. The number of hydrogen-bond acceptors (Lipinski definition) is 3. The van der Waals surface area contributed by atoms with Gasteiger partial charge in [0.15, 0.2) is 0 Å². The summed E-state index contributed by atoms with van der Waals surface area (Å²) >= 11 is 0. The zero-order valence-corrected chi connectivity index (χ0v) is 10.9. The topological polar surface area (TPSA) is 82.2 Å². The van der Waals surface area contributed by atoms with Gasteiger partial charge in [0.1, 0.15) is 5.56 Å². The summed E-state index contributed by atoms with van der Waals surface area (Å²) in [5, 5.41) is 12.4. The number of para-hydroxylation sites is 1. The van der Waals surface area contributed by atoms with Crippen LogP contribution < -0.4 is 10.9 Å². The van der Waals surface area contributed by atoms with Gasteiger partial charge in [-0.15, -0.1) is 0 Å². The Kier molecular flexibility index (Phi) is 3.66. The Labute approximate surface area is 110 Å². The Bertz CT molecular complexity index is 676. The number of nitrogens with one attached hydrogen (secondary N) is 2. The third-order valence-electron chi connectivity index (χ3n) is 3.06. The first-order valence-electron chi connectivity index (χ1n) is 6.08. The Morgan fingerprint density at radius 1 is 1.42 bits per heavy atom. The van der Waals surface area contributed by atoms with E-state index in [4.69, 9.17) is 5.11 Å². The highest BCUT2D eigenvalue weighted by Gasteiger charge is 2.17. The van der Waals surface area contributed by atoms with Crippen molar-refractivity contribution < 1.29 is 9.90 Å². The van der Waals surface area contributed by atoms with E-state index >= 15 is 0 Å². The van der Waals surface area contributed by atoms with Crippen LogP contribution in [-0.4, -0.2) is 28.6 Å². The number of carbonyl (C=O) groups excluding carboxylic acids is 1. The van der Waals surface area contributed by atoms with Crippen molar-refractivity contribution >= 4 is 16.8 Å². The first-order chi connectivity index (χ1) is 9.04. The van der Waals surface area contributed by atoms with Gasteiger partial charge in [0, 0.05) is 16.9 Å². The minimum Gasteiger partial charge on any atom is -0.394 e. The number of aliphatic hydroxyl groups excluding tert-OH is 1. The van der Waals surface area contributed by atoms with Crippen LogP contribution in [0.3, 0.4) is 0 Å². The molecule has 0 fully saturated rings. The Hall–Kier alpha value is -2.14. The van der Waals surface area contributed by atoms with Gasteiger partial charge in [-0.05, 0) is 25.5 Å². The average molecular weight is 260 g/mol. The molecule has 1 amide bonds. The number of aromatic amines is 1. The number of H-pyrrole nitrogens is 1. The van der Waals surface area contributed by atoms with E-state index in [1.807, 2.05) is 18.2 Å². The van der Waals surface area contributed by atoms with Crippen molar-refractivity contribution in [2.24, 2.45) is 0 Å². The summed E-state index contributed by atoms with van der Waals surface area (Å²) in [4.78, 5) is 26.7. The molecule has 100 valence electrons. The van der Waals surface area contributed by atoms with Crippen LogP contribution >= 0.6 is 0 Å². The average Bonchev–Trinajstić information content (AvgIpc) is 2.38. The maximum Gasteiger partial charge on any atom is 0.261 e. The van der Waals surface area contributed by atoms with Gasteiger partial charge in [0.25, 0.3) is 11.5 Å². The smallest absolute Gasteiger partial charge is 0.261 e. The molecule has 2 rings (SSSR count). The fraction of sp³-hybridized carbons (Fsp3) is 0.286. The molecule has 0 saturated heterocycles. The van der Waals surface area contributed by atoms with Gasteiger partial charge in [-0.25, -0.2) is 0 Å². The first kappa shape index (κ1) is 13.3. The van der Waals surface area contributed by atoms with Crippen LogP contribution in [0.25, 0.3) is 10.9 Å². The Morgan fingerprint density at radius 3 is 2.79 bits per heavy atom.